The zero-order valence-electron chi connectivity index (χ0n) is 19.8. The first kappa shape index (κ1) is 24.1. The van der Waals surface area contributed by atoms with Gasteiger partial charge in [0.2, 0.25) is 0 Å². The molecule has 1 aromatic carbocycles. The summed E-state index contributed by atoms with van der Waals surface area (Å²) in [5.41, 5.74) is 3.38. The number of ether oxygens (including phenoxy) is 1. The second-order valence-electron chi connectivity index (χ2n) is 9.64. The molecule has 174 valence electrons. The highest BCUT2D eigenvalue weighted by Crippen LogP contribution is 2.46. The molecule has 6 nitrogen and oxygen atoms in total. The largest absolute Gasteiger partial charge is 0.508 e. The van der Waals surface area contributed by atoms with E-state index in [1.54, 1.807) is 0 Å². The summed E-state index contributed by atoms with van der Waals surface area (Å²) in [4.78, 5) is 25.7. The molecule has 0 aromatic heterocycles. The van der Waals surface area contributed by atoms with Gasteiger partial charge in [0, 0.05) is 17.5 Å². The van der Waals surface area contributed by atoms with Gasteiger partial charge in [-0.15, -0.1) is 0 Å². The summed E-state index contributed by atoms with van der Waals surface area (Å²) in [6.07, 6.45) is 7.31. The highest BCUT2D eigenvalue weighted by atomic mass is 16.5. The van der Waals surface area contributed by atoms with Crippen LogP contribution in [0.2, 0.25) is 0 Å². The molecule has 3 rings (SSSR count). The summed E-state index contributed by atoms with van der Waals surface area (Å²) < 4.78 is 6.34. The van der Waals surface area contributed by atoms with E-state index in [1.165, 1.54) is 29.0 Å². The third-order valence-corrected chi connectivity index (χ3v) is 6.41. The van der Waals surface area contributed by atoms with Crippen molar-refractivity contribution in [3.63, 3.8) is 0 Å². The smallest absolute Gasteiger partial charge is 0.255 e. The van der Waals surface area contributed by atoms with Crippen LogP contribution in [0.25, 0.3) is 0 Å². The van der Waals surface area contributed by atoms with Crippen molar-refractivity contribution in [3.8, 4) is 11.5 Å². The Bertz CT molecular complexity index is 973. The molecule has 2 aliphatic rings. The number of amides is 1. The van der Waals surface area contributed by atoms with E-state index in [1.807, 2.05) is 6.92 Å². The molecule has 2 unspecified atom stereocenters. The quantitative estimate of drug-likeness (QED) is 0.582. The number of fused-ring (bicyclic) bond motifs is 3. The molecule has 0 radical (unpaired) electrons. The van der Waals surface area contributed by atoms with E-state index in [2.05, 4.69) is 32.9 Å². The molecule has 0 fully saturated rings. The first-order chi connectivity index (χ1) is 15.0. The van der Waals surface area contributed by atoms with E-state index in [9.17, 15) is 19.8 Å². The van der Waals surface area contributed by atoms with E-state index in [-0.39, 0.29) is 37.0 Å². The summed E-state index contributed by atoms with van der Waals surface area (Å²) >= 11 is 0. The van der Waals surface area contributed by atoms with Gasteiger partial charge in [0.15, 0.2) is 0 Å². The maximum atomic E-state index is 12.7. The molecule has 1 aromatic rings. The van der Waals surface area contributed by atoms with Crippen LogP contribution in [0.4, 0.5) is 0 Å². The molecule has 32 heavy (non-hydrogen) atoms. The molecule has 6 heteroatoms. The summed E-state index contributed by atoms with van der Waals surface area (Å²) in [5.74, 6) is 0.0566. The van der Waals surface area contributed by atoms with Gasteiger partial charge in [0.1, 0.15) is 22.9 Å². The Kier molecular flexibility index (Phi) is 7.13. The molecule has 0 saturated carbocycles. The first-order valence-corrected chi connectivity index (χ1v) is 11.3. The van der Waals surface area contributed by atoms with Crippen molar-refractivity contribution < 1.29 is 24.5 Å². The highest BCUT2D eigenvalue weighted by molar-refractivity contribution is 6.01. The average Bonchev–Trinajstić information content (AvgIpc) is 2.98. The molecule has 1 amide bonds. The number of hydrogen-bond acceptors (Lipinski definition) is 5. The fourth-order valence-electron chi connectivity index (χ4n) is 4.45. The number of benzene rings is 1. The lowest BCUT2D eigenvalue weighted by molar-refractivity contribution is -0.117. The fourth-order valence-corrected chi connectivity index (χ4v) is 4.45. The van der Waals surface area contributed by atoms with Gasteiger partial charge >= 0.3 is 0 Å². The van der Waals surface area contributed by atoms with Crippen molar-refractivity contribution in [3.05, 3.63) is 46.1 Å². The van der Waals surface area contributed by atoms with Crippen molar-refractivity contribution in [2.24, 2.45) is 0 Å². The van der Waals surface area contributed by atoms with Crippen molar-refractivity contribution in [1.29, 1.82) is 0 Å². The topological polar surface area (TPSA) is 87.1 Å². The third kappa shape index (κ3) is 5.07. The number of aromatic hydroxyl groups is 1. The number of aliphatic hydroxyl groups excluding tert-OH is 1. The highest BCUT2D eigenvalue weighted by Gasteiger charge is 2.44. The minimum absolute atomic E-state index is 0.0275. The summed E-state index contributed by atoms with van der Waals surface area (Å²) in [5, 5.41) is 21.4. The minimum Gasteiger partial charge on any atom is -0.508 e. The minimum atomic E-state index is -0.831. The normalized spacial score (nSPS) is 22.3. The number of carbonyl (C=O) groups is 2. The third-order valence-electron chi connectivity index (χ3n) is 6.41. The Morgan fingerprint density at radius 3 is 2.59 bits per heavy atom. The number of phenolic OH excluding ortho intramolecular Hbond substituents is 1. The van der Waals surface area contributed by atoms with E-state index in [0.29, 0.717) is 28.9 Å². The van der Waals surface area contributed by atoms with E-state index < -0.39 is 11.7 Å². The summed E-state index contributed by atoms with van der Waals surface area (Å²) in [7, 11) is 0. The van der Waals surface area contributed by atoms with Gasteiger partial charge < -0.3 is 19.8 Å². The molecule has 2 atom stereocenters. The standard InChI is InChI=1S/C26H35NO5/c1-16(2)8-6-9-17(3)10-7-11-26(5)23(30)13-20-22(29)12-19-21(24(20)32-26)15-27(25(19)31)14-18(4)28/h8,10,12,23,29-30H,6-7,9,11,13-15H2,1-5H3/b17-10+. The second kappa shape index (κ2) is 9.49. The van der Waals surface area contributed by atoms with Crippen LogP contribution in [0.5, 0.6) is 11.5 Å². The van der Waals surface area contributed by atoms with E-state index in [4.69, 9.17) is 4.74 Å². The van der Waals surface area contributed by atoms with E-state index >= 15 is 0 Å². The maximum absolute atomic E-state index is 12.7. The number of nitrogens with zero attached hydrogens (tertiary/aromatic N) is 1. The Labute approximate surface area is 190 Å². The molecular formula is C26H35NO5. The predicted octanol–water partition coefficient (Wildman–Crippen LogP) is 4.46. The van der Waals surface area contributed by atoms with Crippen molar-refractivity contribution in [1.82, 2.24) is 4.90 Å². The molecule has 0 saturated heterocycles. The summed E-state index contributed by atoms with van der Waals surface area (Å²) in [6, 6.07) is 1.44. The average molecular weight is 442 g/mol. The van der Waals surface area contributed by atoms with Crippen LogP contribution in [0.3, 0.4) is 0 Å². The van der Waals surface area contributed by atoms with Crippen LogP contribution >= 0.6 is 0 Å². The monoisotopic (exact) mass is 441 g/mol. The number of Topliss-reactive ketones (excluding diaryl/α,β-unsaturated/α-hetero) is 1. The van der Waals surface area contributed by atoms with Crippen molar-refractivity contribution >= 4 is 11.7 Å². The SMILES string of the molecule is CC(=O)CN1Cc2c(cc(O)c3c2OC(C)(CC/C=C(\C)CCC=C(C)C)C(O)C3)C1=O. The number of phenols is 1. The molecule has 2 heterocycles. The number of carbonyl (C=O) groups excluding carboxylic acids is 2. The van der Waals surface area contributed by atoms with Crippen LogP contribution in [0.1, 0.15) is 81.8 Å². The molecule has 0 spiro atoms. The molecular weight excluding hydrogens is 406 g/mol. The number of aliphatic hydroxyl groups is 1. The second-order valence-corrected chi connectivity index (χ2v) is 9.64. The van der Waals surface area contributed by atoms with Crippen LogP contribution < -0.4 is 4.74 Å². The predicted molar refractivity (Wildman–Crippen MR) is 124 cm³/mol. The van der Waals surface area contributed by atoms with Gasteiger partial charge in [-0.3, -0.25) is 9.59 Å². The van der Waals surface area contributed by atoms with Gasteiger partial charge in [-0.05, 0) is 66.4 Å². The lowest BCUT2D eigenvalue weighted by Gasteiger charge is -2.40. The number of allylic oxidation sites excluding steroid dienone is 4. The number of ketones is 1. The Balaban J connectivity index is 1.78. The van der Waals surface area contributed by atoms with Gasteiger partial charge in [-0.2, -0.15) is 0 Å². The molecule has 2 N–H and O–H groups in total. The zero-order valence-corrected chi connectivity index (χ0v) is 19.8. The van der Waals surface area contributed by atoms with Crippen LogP contribution in [-0.2, 0) is 17.8 Å². The van der Waals surface area contributed by atoms with Crippen molar-refractivity contribution in [2.75, 3.05) is 6.54 Å². The van der Waals surface area contributed by atoms with Crippen LogP contribution in [-0.4, -0.2) is 45.1 Å². The van der Waals surface area contributed by atoms with Gasteiger partial charge in [-0.25, -0.2) is 0 Å². The Hall–Kier alpha value is -2.60. The lowest BCUT2D eigenvalue weighted by atomic mass is 9.84. The fraction of sp³-hybridized carbons (Fsp3) is 0.538. The molecule has 0 bridgehead atoms. The van der Waals surface area contributed by atoms with E-state index in [0.717, 1.165) is 19.3 Å². The number of hydrogen-bond donors (Lipinski definition) is 2. The van der Waals surface area contributed by atoms with Crippen LogP contribution in [0, 0.1) is 0 Å². The lowest BCUT2D eigenvalue weighted by Crippen LogP contribution is -2.49. The molecule has 2 aliphatic heterocycles. The first-order valence-electron chi connectivity index (χ1n) is 11.3. The van der Waals surface area contributed by atoms with Gasteiger partial charge in [-0.1, -0.05) is 23.3 Å². The van der Waals surface area contributed by atoms with Gasteiger partial charge in [0.05, 0.1) is 24.8 Å². The molecule has 0 aliphatic carbocycles. The Morgan fingerprint density at radius 2 is 1.94 bits per heavy atom. The Morgan fingerprint density at radius 1 is 1.22 bits per heavy atom. The zero-order chi connectivity index (χ0) is 23.6. The van der Waals surface area contributed by atoms with Gasteiger partial charge in [0.25, 0.3) is 5.91 Å². The maximum Gasteiger partial charge on any atom is 0.255 e. The summed E-state index contributed by atoms with van der Waals surface area (Å²) in [6.45, 7) is 9.94. The number of rotatable bonds is 8. The van der Waals surface area contributed by atoms with Crippen LogP contribution in [0.15, 0.2) is 29.4 Å². The van der Waals surface area contributed by atoms with Crippen molar-refractivity contribution in [2.45, 2.75) is 85.0 Å².